The third-order valence-corrected chi connectivity index (χ3v) is 10.7. The first-order valence-corrected chi connectivity index (χ1v) is 13.3. The van der Waals surface area contributed by atoms with Crippen LogP contribution in [0.4, 0.5) is 0 Å². The second-order valence-corrected chi connectivity index (χ2v) is 11.6. The maximum Gasteiger partial charge on any atom is 0.273 e. The molecule has 176 valence electrons. The van der Waals surface area contributed by atoms with Crippen molar-refractivity contribution in [3.05, 3.63) is 70.7 Å². The van der Waals surface area contributed by atoms with Crippen LogP contribution in [0.2, 0.25) is 5.02 Å². The molecule has 2 aliphatic carbocycles. The molecule has 2 aromatic carbocycles. The average molecular weight is 609 g/mol. The number of Topliss-reactive ketones (excluding diaryl/α,β-unsaturated/α-hetero) is 1. The molecule has 0 aromatic heterocycles. The molecule has 7 atom stereocenters. The van der Waals surface area contributed by atoms with Gasteiger partial charge in [-0.05, 0) is 49.4 Å². The van der Waals surface area contributed by atoms with E-state index in [2.05, 4.69) is 31.9 Å². The van der Waals surface area contributed by atoms with E-state index < -0.39 is 35.6 Å². The van der Waals surface area contributed by atoms with E-state index >= 15 is 0 Å². The van der Waals surface area contributed by atoms with Gasteiger partial charge in [0.1, 0.15) is 6.04 Å². The van der Waals surface area contributed by atoms with Gasteiger partial charge in [-0.3, -0.25) is 19.2 Å². The molecule has 2 aromatic rings. The maximum atomic E-state index is 13.7. The number of rotatable bonds is 5. The number of alkyl halides is 2. The number of amides is 3. The van der Waals surface area contributed by atoms with E-state index in [1.54, 1.807) is 49.4 Å². The predicted molar refractivity (Wildman–Crippen MR) is 134 cm³/mol. The van der Waals surface area contributed by atoms with E-state index in [0.717, 1.165) is 16.4 Å². The van der Waals surface area contributed by atoms with Crippen molar-refractivity contribution in [2.75, 3.05) is 0 Å². The molecule has 1 aliphatic heterocycles. The van der Waals surface area contributed by atoms with Gasteiger partial charge >= 0.3 is 0 Å². The molecule has 9 heteroatoms. The van der Waals surface area contributed by atoms with Crippen LogP contribution < -0.4 is 0 Å². The minimum Gasteiger partial charge on any atom is -0.292 e. The van der Waals surface area contributed by atoms with Crippen LogP contribution >= 0.6 is 43.5 Å². The fourth-order valence-electron chi connectivity index (χ4n) is 5.66. The number of hydrogen-bond donors (Lipinski definition) is 0. The van der Waals surface area contributed by atoms with Gasteiger partial charge in [0.15, 0.2) is 5.78 Å². The molecule has 34 heavy (non-hydrogen) atoms. The van der Waals surface area contributed by atoms with Crippen LogP contribution in [-0.2, 0) is 9.59 Å². The van der Waals surface area contributed by atoms with Crippen LogP contribution in [0, 0.1) is 23.7 Å². The summed E-state index contributed by atoms with van der Waals surface area (Å²) in [5.74, 6) is -2.82. The van der Waals surface area contributed by atoms with Crippen LogP contribution in [0.5, 0.6) is 0 Å². The molecule has 1 saturated heterocycles. The fraction of sp³-hybridized carbons (Fsp3) is 0.360. The van der Waals surface area contributed by atoms with Crippen molar-refractivity contribution >= 4 is 67.0 Å². The highest BCUT2D eigenvalue weighted by atomic mass is 79.9. The number of hydrazine groups is 1. The zero-order valence-corrected chi connectivity index (χ0v) is 22.0. The average Bonchev–Trinajstić information content (AvgIpc) is 3.45. The predicted octanol–water partition coefficient (Wildman–Crippen LogP) is 4.75. The summed E-state index contributed by atoms with van der Waals surface area (Å²) < 4.78 is 0. The highest BCUT2D eigenvalue weighted by Gasteiger charge is 2.68. The number of benzene rings is 2. The Kier molecular flexibility index (Phi) is 6.19. The fourth-order valence-corrected chi connectivity index (χ4v) is 7.66. The minimum absolute atomic E-state index is 0.00607. The third kappa shape index (κ3) is 3.57. The minimum atomic E-state index is -1.07. The lowest BCUT2D eigenvalue weighted by Gasteiger charge is -2.35. The number of halogens is 3. The summed E-state index contributed by atoms with van der Waals surface area (Å²) in [7, 11) is 0. The summed E-state index contributed by atoms with van der Waals surface area (Å²) >= 11 is 13.3. The standard InChI is InChI=1S/C25H21Br2ClN2O4/c1-12(22(31)13-5-3-2-4-6-13)29(23(32)14-7-9-15(28)10-8-14)30-24(33)18-16-11-17(19(18)25(30)34)21(27)20(16)26/h2-10,12,16-21H,11H2,1H3/t12-,16-,17-,18-,19-,20+,21+/m1/s1. The Morgan fingerprint density at radius 1 is 0.912 bits per heavy atom. The van der Waals surface area contributed by atoms with Crippen molar-refractivity contribution < 1.29 is 19.2 Å². The molecule has 3 aliphatic rings. The smallest absolute Gasteiger partial charge is 0.273 e. The second-order valence-electron chi connectivity index (χ2n) is 9.05. The lowest BCUT2D eigenvalue weighted by molar-refractivity contribution is -0.157. The van der Waals surface area contributed by atoms with E-state index in [9.17, 15) is 19.2 Å². The molecular formula is C25H21Br2ClN2O4. The molecule has 1 heterocycles. The maximum absolute atomic E-state index is 13.7. The Hall–Kier alpha value is -2.03. The summed E-state index contributed by atoms with van der Waals surface area (Å²) in [5, 5.41) is 2.44. The molecule has 0 unspecified atom stereocenters. The summed E-state index contributed by atoms with van der Waals surface area (Å²) in [4.78, 5) is 54.6. The monoisotopic (exact) mass is 606 g/mol. The Morgan fingerprint density at radius 2 is 1.44 bits per heavy atom. The number of carbonyl (C=O) groups excluding carboxylic acids is 4. The first-order valence-electron chi connectivity index (χ1n) is 11.1. The second kappa shape index (κ2) is 8.88. The molecule has 0 N–H and O–H groups in total. The van der Waals surface area contributed by atoms with Crippen molar-refractivity contribution in [1.29, 1.82) is 0 Å². The van der Waals surface area contributed by atoms with Gasteiger partial charge in [-0.15, -0.1) is 0 Å². The zero-order valence-electron chi connectivity index (χ0n) is 18.1. The SMILES string of the molecule is C[C@H](C(=O)c1ccccc1)N(C(=O)c1ccc(Cl)cc1)N1C(=O)[C@@H]2[C@H]3C[C@@H]([C@H](Br)[C@H]3Br)[C@H]2C1=O. The van der Waals surface area contributed by atoms with Gasteiger partial charge in [0.2, 0.25) is 0 Å². The molecule has 6 nitrogen and oxygen atoms in total. The van der Waals surface area contributed by atoms with Crippen LogP contribution in [0.25, 0.3) is 0 Å². The Balaban J connectivity index is 1.55. The highest BCUT2D eigenvalue weighted by molar-refractivity contribution is 9.12. The Labute approximate surface area is 218 Å². The quantitative estimate of drug-likeness (QED) is 0.279. The van der Waals surface area contributed by atoms with Crippen LogP contribution in [0.15, 0.2) is 54.6 Å². The lowest BCUT2D eigenvalue weighted by atomic mass is 9.81. The van der Waals surface area contributed by atoms with Gasteiger partial charge in [0.05, 0.1) is 11.8 Å². The molecule has 3 amide bonds. The van der Waals surface area contributed by atoms with Gasteiger partial charge in [-0.25, -0.2) is 5.01 Å². The summed E-state index contributed by atoms with van der Waals surface area (Å²) in [6, 6.07) is 13.6. The first kappa shape index (κ1) is 23.7. The first-order chi connectivity index (χ1) is 16.2. The van der Waals surface area contributed by atoms with E-state index in [1.807, 2.05) is 0 Å². The van der Waals surface area contributed by atoms with Gasteiger partial charge < -0.3 is 0 Å². The number of ketones is 1. The topological polar surface area (TPSA) is 74.8 Å². The molecule has 2 bridgehead atoms. The van der Waals surface area contributed by atoms with E-state index in [1.165, 1.54) is 12.1 Å². The molecule has 0 radical (unpaired) electrons. The molecule has 0 spiro atoms. The largest absolute Gasteiger partial charge is 0.292 e. The molecular weight excluding hydrogens is 588 g/mol. The van der Waals surface area contributed by atoms with Crippen molar-refractivity contribution in [1.82, 2.24) is 10.0 Å². The lowest BCUT2D eigenvalue weighted by Crippen LogP contribution is -2.56. The normalized spacial score (nSPS) is 30.4. The number of hydrogen-bond acceptors (Lipinski definition) is 4. The van der Waals surface area contributed by atoms with Crippen LogP contribution in [0.3, 0.4) is 0 Å². The number of nitrogens with zero attached hydrogens (tertiary/aromatic N) is 2. The summed E-state index contributed by atoms with van der Waals surface area (Å²) in [6.45, 7) is 1.55. The summed E-state index contributed by atoms with van der Waals surface area (Å²) in [5.41, 5.74) is 0.624. The van der Waals surface area contributed by atoms with Gasteiger partial charge in [-0.1, -0.05) is 73.8 Å². The molecule has 2 saturated carbocycles. The van der Waals surface area contributed by atoms with Crippen molar-refractivity contribution in [3.8, 4) is 0 Å². The van der Waals surface area contributed by atoms with E-state index in [4.69, 9.17) is 11.6 Å². The molecule has 5 rings (SSSR count). The van der Waals surface area contributed by atoms with Crippen LogP contribution in [0.1, 0.15) is 34.1 Å². The number of fused-ring (bicyclic) bond motifs is 5. The third-order valence-electron chi connectivity index (χ3n) is 7.28. The Bertz CT molecular complexity index is 1140. The van der Waals surface area contributed by atoms with Crippen molar-refractivity contribution in [2.45, 2.75) is 29.0 Å². The van der Waals surface area contributed by atoms with Gasteiger partial charge in [0.25, 0.3) is 17.7 Å². The number of carbonyl (C=O) groups is 4. The highest BCUT2D eigenvalue weighted by Crippen LogP contribution is 2.60. The van der Waals surface area contributed by atoms with E-state index in [0.29, 0.717) is 10.6 Å². The van der Waals surface area contributed by atoms with Gasteiger partial charge in [0, 0.05) is 25.8 Å². The van der Waals surface area contributed by atoms with E-state index in [-0.39, 0.29) is 32.8 Å². The van der Waals surface area contributed by atoms with Gasteiger partial charge in [-0.2, -0.15) is 5.01 Å². The summed E-state index contributed by atoms with van der Waals surface area (Å²) in [6.07, 6.45) is 0.774. The number of imide groups is 1. The Morgan fingerprint density at radius 3 is 1.97 bits per heavy atom. The van der Waals surface area contributed by atoms with Crippen LogP contribution in [-0.4, -0.2) is 49.2 Å². The molecule has 3 fully saturated rings. The van der Waals surface area contributed by atoms with Crippen molar-refractivity contribution in [2.24, 2.45) is 23.7 Å². The zero-order chi connectivity index (χ0) is 24.3. The van der Waals surface area contributed by atoms with Crippen molar-refractivity contribution in [3.63, 3.8) is 0 Å².